The summed E-state index contributed by atoms with van der Waals surface area (Å²) in [6, 6.07) is 1.77. The van der Waals surface area contributed by atoms with Crippen molar-refractivity contribution in [2.45, 2.75) is 10.8 Å². The highest BCUT2D eigenvalue weighted by Gasteiger charge is 2.28. The van der Waals surface area contributed by atoms with Crippen molar-refractivity contribution in [3.63, 3.8) is 0 Å². The first-order chi connectivity index (χ1) is 8.54. The summed E-state index contributed by atoms with van der Waals surface area (Å²) in [5.74, 6) is 0. The van der Waals surface area contributed by atoms with Crippen LogP contribution in [0.25, 0.3) is 0 Å². The quantitative estimate of drug-likeness (QED) is 0.872. The smallest absolute Gasteiger partial charge is 0.252 e. The Morgan fingerprint density at radius 3 is 2.61 bits per heavy atom. The van der Waals surface area contributed by atoms with Crippen LogP contribution in [0.15, 0.2) is 15.7 Å². The second kappa shape index (κ2) is 5.66. The highest BCUT2D eigenvalue weighted by atomic mass is 32.2. The minimum Gasteiger partial charge on any atom is -0.316 e. The fraction of sp³-hybridized carbons (Fsp3) is 0.636. The van der Waals surface area contributed by atoms with Crippen molar-refractivity contribution < 1.29 is 8.42 Å². The van der Waals surface area contributed by atoms with E-state index in [0.29, 0.717) is 23.8 Å². The highest BCUT2D eigenvalue weighted by Crippen LogP contribution is 2.24. The van der Waals surface area contributed by atoms with Crippen molar-refractivity contribution in [3.8, 4) is 0 Å². The van der Waals surface area contributed by atoms with Crippen molar-refractivity contribution in [1.82, 2.24) is 14.5 Å². The van der Waals surface area contributed by atoms with Crippen molar-refractivity contribution >= 4 is 21.4 Å². The first-order valence-corrected chi connectivity index (χ1v) is 8.26. The van der Waals surface area contributed by atoms with Gasteiger partial charge in [0.25, 0.3) is 10.0 Å². The Balaban J connectivity index is 2.14. The van der Waals surface area contributed by atoms with E-state index in [1.165, 1.54) is 11.3 Å². The van der Waals surface area contributed by atoms with Gasteiger partial charge in [-0.05, 0) is 31.1 Å². The lowest BCUT2D eigenvalue weighted by atomic mass is 10.3. The van der Waals surface area contributed by atoms with Crippen LogP contribution in [0, 0.1) is 0 Å². The van der Waals surface area contributed by atoms with Gasteiger partial charge in [-0.25, -0.2) is 8.42 Å². The van der Waals surface area contributed by atoms with Crippen LogP contribution in [0.2, 0.25) is 0 Å². The number of hydrogen-bond acceptors (Lipinski definition) is 5. The van der Waals surface area contributed by atoms with Crippen LogP contribution in [-0.4, -0.2) is 57.9 Å². The van der Waals surface area contributed by atoms with Gasteiger partial charge in [0.05, 0.1) is 0 Å². The monoisotopic (exact) mass is 289 g/mol. The minimum atomic E-state index is -3.29. The van der Waals surface area contributed by atoms with Gasteiger partial charge in [-0.2, -0.15) is 4.31 Å². The molecule has 1 fully saturated rings. The molecule has 5 nitrogen and oxygen atoms in total. The Morgan fingerprint density at radius 2 is 2.00 bits per heavy atom. The number of sulfonamides is 1. The number of rotatable bonds is 4. The van der Waals surface area contributed by atoms with E-state index >= 15 is 0 Å². The first-order valence-electron chi connectivity index (χ1n) is 5.95. The molecule has 102 valence electrons. The molecule has 1 aromatic heterocycles. The van der Waals surface area contributed by atoms with Crippen LogP contribution >= 0.6 is 11.3 Å². The summed E-state index contributed by atoms with van der Waals surface area (Å²) in [5.41, 5.74) is 1.02. The third kappa shape index (κ3) is 2.92. The summed E-state index contributed by atoms with van der Waals surface area (Å²) < 4.78 is 26.9. The third-order valence-corrected chi connectivity index (χ3v) is 6.43. The normalized spacial score (nSPS) is 19.2. The van der Waals surface area contributed by atoms with E-state index in [1.807, 2.05) is 19.5 Å². The molecule has 0 spiro atoms. The van der Waals surface area contributed by atoms with Gasteiger partial charge < -0.3 is 10.2 Å². The van der Waals surface area contributed by atoms with Gasteiger partial charge in [-0.3, -0.25) is 0 Å². The average molecular weight is 289 g/mol. The predicted molar refractivity (Wildman–Crippen MR) is 73.3 cm³/mol. The van der Waals surface area contributed by atoms with Gasteiger partial charge in [0.2, 0.25) is 0 Å². The Bertz CT molecular complexity index is 490. The van der Waals surface area contributed by atoms with Gasteiger partial charge in [-0.15, -0.1) is 11.3 Å². The predicted octanol–water partition coefficient (Wildman–Crippen LogP) is 0.404. The van der Waals surface area contributed by atoms with Gasteiger partial charge in [0, 0.05) is 32.7 Å². The van der Waals surface area contributed by atoms with Gasteiger partial charge >= 0.3 is 0 Å². The molecule has 0 atom stereocenters. The Morgan fingerprint density at radius 1 is 1.33 bits per heavy atom. The molecule has 0 radical (unpaired) electrons. The summed E-state index contributed by atoms with van der Waals surface area (Å²) in [4.78, 5) is 2.15. The number of hydrogen-bond donors (Lipinski definition) is 1. The van der Waals surface area contributed by atoms with Crippen LogP contribution in [0.1, 0.15) is 5.56 Å². The average Bonchev–Trinajstić information content (AvgIpc) is 2.79. The summed E-state index contributed by atoms with van der Waals surface area (Å²) in [5, 5.41) is 4.93. The number of piperazine rings is 1. The number of thiophene rings is 1. The molecule has 1 saturated heterocycles. The van der Waals surface area contributed by atoms with E-state index in [9.17, 15) is 8.42 Å². The molecule has 0 unspecified atom stereocenters. The lowest BCUT2D eigenvalue weighted by Crippen LogP contribution is -2.46. The van der Waals surface area contributed by atoms with Gasteiger partial charge in [0.1, 0.15) is 4.21 Å². The maximum Gasteiger partial charge on any atom is 0.252 e. The molecule has 1 aliphatic rings. The second-order valence-electron chi connectivity index (χ2n) is 4.51. The molecule has 1 N–H and O–H groups in total. The summed E-state index contributed by atoms with van der Waals surface area (Å²) in [6.45, 7) is 3.47. The molecule has 2 rings (SSSR count). The van der Waals surface area contributed by atoms with Crippen LogP contribution < -0.4 is 5.32 Å². The Labute approximate surface area is 112 Å². The zero-order valence-electron chi connectivity index (χ0n) is 10.7. The van der Waals surface area contributed by atoms with Crippen molar-refractivity contribution in [2.75, 3.05) is 40.3 Å². The maximum absolute atomic E-state index is 12.4. The molecule has 7 heteroatoms. The molecule has 0 saturated carbocycles. The van der Waals surface area contributed by atoms with Gasteiger partial charge in [0.15, 0.2) is 0 Å². The Kier molecular flexibility index (Phi) is 4.39. The van der Waals surface area contributed by atoms with E-state index in [-0.39, 0.29) is 0 Å². The maximum atomic E-state index is 12.4. The molecular formula is C11H19N3O2S2. The SMILES string of the molecule is CNCc1csc(S(=O)(=O)N2CCN(C)CC2)c1. The molecule has 0 bridgehead atoms. The summed E-state index contributed by atoms with van der Waals surface area (Å²) in [7, 11) is 0.582. The summed E-state index contributed by atoms with van der Waals surface area (Å²) >= 11 is 1.31. The van der Waals surface area contributed by atoms with E-state index < -0.39 is 10.0 Å². The number of nitrogens with one attached hydrogen (secondary N) is 1. The first kappa shape index (κ1) is 14.0. The number of nitrogens with zero attached hydrogens (tertiary/aromatic N) is 2. The number of likely N-dealkylation sites (N-methyl/N-ethyl adjacent to an activating group) is 1. The summed E-state index contributed by atoms with van der Waals surface area (Å²) in [6.07, 6.45) is 0. The van der Waals surface area contributed by atoms with Crippen molar-refractivity contribution in [2.24, 2.45) is 0 Å². The van der Waals surface area contributed by atoms with Crippen LogP contribution in [0.4, 0.5) is 0 Å². The fourth-order valence-corrected chi connectivity index (χ4v) is 4.73. The topological polar surface area (TPSA) is 52.7 Å². The van der Waals surface area contributed by atoms with E-state index in [0.717, 1.165) is 18.7 Å². The molecule has 1 aliphatic heterocycles. The van der Waals surface area contributed by atoms with E-state index in [4.69, 9.17) is 0 Å². The van der Waals surface area contributed by atoms with Crippen molar-refractivity contribution in [1.29, 1.82) is 0 Å². The van der Waals surface area contributed by atoms with E-state index in [1.54, 1.807) is 10.4 Å². The fourth-order valence-electron chi connectivity index (χ4n) is 1.94. The van der Waals surface area contributed by atoms with Gasteiger partial charge in [-0.1, -0.05) is 0 Å². The minimum absolute atomic E-state index is 0.456. The molecule has 0 amide bonds. The molecule has 1 aromatic rings. The van der Waals surface area contributed by atoms with Crippen molar-refractivity contribution in [3.05, 3.63) is 17.0 Å². The Hall–Kier alpha value is -0.470. The second-order valence-corrected chi connectivity index (χ2v) is 7.59. The lowest BCUT2D eigenvalue weighted by Gasteiger charge is -2.31. The van der Waals surface area contributed by atoms with Crippen LogP contribution in [0.5, 0.6) is 0 Å². The molecular weight excluding hydrogens is 270 g/mol. The molecule has 0 aromatic carbocycles. The van der Waals surface area contributed by atoms with Crippen LogP contribution in [-0.2, 0) is 16.6 Å². The third-order valence-electron chi connectivity index (χ3n) is 3.07. The molecule has 0 aliphatic carbocycles. The zero-order chi connectivity index (χ0) is 13.2. The zero-order valence-corrected chi connectivity index (χ0v) is 12.4. The van der Waals surface area contributed by atoms with E-state index in [2.05, 4.69) is 10.2 Å². The standard InChI is InChI=1S/C11H19N3O2S2/c1-12-8-10-7-11(17-9-10)18(15,16)14-5-3-13(2)4-6-14/h7,9,12H,3-6,8H2,1-2H3. The lowest BCUT2D eigenvalue weighted by molar-refractivity contribution is 0.222. The largest absolute Gasteiger partial charge is 0.316 e. The van der Waals surface area contributed by atoms with Crippen LogP contribution in [0.3, 0.4) is 0 Å². The molecule has 2 heterocycles. The highest BCUT2D eigenvalue weighted by molar-refractivity contribution is 7.91. The molecule has 18 heavy (non-hydrogen) atoms.